The van der Waals surface area contributed by atoms with E-state index in [2.05, 4.69) is 16.8 Å². The van der Waals surface area contributed by atoms with Crippen LogP contribution in [-0.4, -0.2) is 4.98 Å². The van der Waals surface area contributed by atoms with Crippen LogP contribution in [0.25, 0.3) is 20.2 Å². The van der Waals surface area contributed by atoms with Crippen LogP contribution in [0.15, 0.2) is 71.7 Å². The van der Waals surface area contributed by atoms with E-state index in [9.17, 15) is 4.79 Å². The lowest BCUT2D eigenvalue weighted by Crippen LogP contribution is -2.00. The van der Waals surface area contributed by atoms with Crippen LogP contribution in [-0.2, 0) is 0 Å². The van der Waals surface area contributed by atoms with Gasteiger partial charge in [-0.15, -0.1) is 11.3 Å². The lowest BCUT2D eigenvalue weighted by molar-refractivity contribution is 1.29. The van der Waals surface area contributed by atoms with E-state index in [0.29, 0.717) is 0 Å². The van der Waals surface area contributed by atoms with Gasteiger partial charge in [0.1, 0.15) is 5.69 Å². The fraction of sp³-hybridized carbons (Fsp3) is 0. The Morgan fingerprint density at radius 1 is 0.826 bits per heavy atom. The van der Waals surface area contributed by atoms with Crippen LogP contribution in [0.2, 0.25) is 0 Å². The summed E-state index contributed by atoms with van der Waals surface area (Å²) in [6.07, 6.45) is 1.72. The van der Waals surface area contributed by atoms with Gasteiger partial charge in [-0.2, -0.15) is 0 Å². The molecule has 108 valence electrons. The Labute approximate surface area is 137 Å². The largest absolute Gasteiger partial charge is 0.289 e. The van der Waals surface area contributed by atoms with Gasteiger partial charge in [0.15, 0.2) is 5.43 Å². The minimum atomic E-state index is 0.0656. The van der Waals surface area contributed by atoms with Gasteiger partial charge in [0.2, 0.25) is 0 Å². The van der Waals surface area contributed by atoms with Crippen LogP contribution < -0.4 is 5.43 Å². The molecule has 3 heteroatoms. The second-order valence-corrected chi connectivity index (χ2v) is 6.19. The molecule has 0 bridgehead atoms. The van der Waals surface area contributed by atoms with Crippen LogP contribution >= 0.6 is 11.3 Å². The molecule has 4 aromatic rings. The molecule has 0 amide bonds. The van der Waals surface area contributed by atoms with Gasteiger partial charge in [-0.25, -0.2) is 4.98 Å². The number of pyridine rings is 1. The minimum absolute atomic E-state index is 0.0656. The van der Waals surface area contributed by atoms with Crippen molar-refractivity contribution in [3.63, 3.8) is 0 Å². The summed E-state index contributed by atoms with van der Waals surface area (Å²) >= 11 is 1.63. The molecule has 0 N–H and O–H groups in total. The van der Waals surface area contributed by atoms with E-state index < -0.39 is 0 Å². The first-order valence-electron chi connectivity index (χ1n) is 7.20. The molecule has 0 aliphatic carbocycles. The molecule has 2 aromatic heterocycles. The van der Waals surface area contributed by atoms with Crippen molar-refractivity contribution in [2.24, 2.45) is 0 Å². The maximum atomic E-state index is 12.7. The second kappa shape index (κ2) is 5.68. The summed E-state index contributed by atoms with van der Waals surface area (Å²) in [5, 5.41) is 1.49. The van der Waals surface area contributed by atoms with Gasteiger partial charge < -0.3 is 0 Å². The van der Waals surface area contributed by atoms with E-state index in [1.54, 1.807) is 17.5 Å². The highest BCUT2D eigenvalue weighted by molar-refractivity contribution is 7.24. The Morgan fingerprint density at radius 2 is 1.65 bits per heavy atom. The van der Waals surface area contributed by atoms with E-state index in [0.717, 1.165) is 31.4 Å². The third kappa shape index (κ3) is 2.61. The summed E-state index contributed by atoms with van der Waals surface area (Å²) in [6.45, 7) is 0. The van der Waals surface area contributed by atoms with Crippen LogP contribution in [0.5, 0.6) is 0 Å². The van der Waals surface area contributed by atoms with E-state index in [-0.39, 0.29) is 5.43 Å². The molecular weight excluding hydrogens is 302 g/mol. The molecule has 0 unspecified atom stereocenters. The van der Waals surface area contributed by atoms with Crippen molar-refractivity contribution in [1.82, 2.24) is 4.98 Å². The summed E-state index contributed by atoms with van der Waals surface area (Å²) < 4.78 is 1.99. The summed E-state index contributed by atoms with van der Waals surface area (Å²) in [5.41, 5.74) is 1.61. The highest BCUT2D eigenvalue weighted by atomic mass is 32.1. The van der Waals surface area contributed by atoms with Crippen molar-refractivity contribution in [3.8, 4) is 11.8 Å². The third-order valence-corrected chi connectivity index (χ3v) is 4.73. The molecule has 0 saturated heterocycles. The first-order chi connectivity index (χ1) is 11.3. The van der Waals surface area contributed by atoms with Gasteiger partial charge in [-0.05, 0) is 48.4 Å². The van der Waals surface area contributed by atoms with E-state index >= 15 is 0 Å². The predicted molar refractivity (Wildman–Crippen MR) is 95.8 cm³/mol. The molecule has 0 fully saturated rings. The fourth-order valence-electron chi connectivity index (χ4n) is 2.45. The maximum absolute atomic E-state index is 12.7. The summed E-state index contributed by atoms with van der Waals surface area (Å²) in [5.74, 6) is 6.10. The second-order valence-electron chi connectivity index (χ2n) is 5.10. The molecule has 0 atom stereocenters. The molecule has 0 saturated carbocycles. The highest BCUT2D eigenvalue weighted by Gasteiger charge is 2.05. The van der Waals surface area contributed by atoms with Gasteiger partial charge in [0.05, 0.1) is 0 Å². The van der Waals surface area contributed by atoms with Gasteiger partial charge in [-0.1, -0.05) is 24.1 Å². The minimum Gasteiger partial charge on any atom is -0.289 e. The molecule has 4 rings (SSSR count). The number of rotatable bonds is 0. The fourth-order valence-corrected chi connectivity index (χ4v) is 3.51. The number of benzene rings is 2. The standard InChI is InChI=1S/C20H11NOS/c22-20-16-6-1-2-7-18(16)23-19-11-9-14(13-17(19)20)8-10-15-5-3-4-12-21-15/h1-7,9,11-13H. The van der Waals surface area contributed by atoms with Gasteiger partial charge in [-0.3, -0.25) is 4.79 Å². The van der Waals surface area contributed by atoms with Crippen LogP contribution in [0.3, 0.4) is 0 Å². The van der Waals surface area contributed by atoms with Gasteiger partial charge in [0.25, 0.3) is 0 Å². The monoisotopic (exact) mass is 313 g/mol. The van der Waals surface area contributed by atoms with Crippen LogP contribution in [0, 0.1) is 11.8 Å². The van der Waals surface area contributed by atoms with Crippen molar-refractivity contribution < 1.29 is 0 Å². The molecule has 0 spiro atoms. The third-order valence-electron chi connectivity index (χ3n) is 3.58. The number of fused-ring (bicyclic) bond motifs is 2. The van der Waals surface area contributed by atoms with E-state index in [1.807, 2.05) is 60.7 Å². The van der Waals surface area contributed by atoms with Crippen molar-refractivity contribution in [2.75, 3.05) is 0 Å². The molecule has 2 nitrogen and oxygen atoms in total. The Hall–Kier alpha value is -2.96. The molecule has 0 radical (unpaired) electrons. The van der Waals surface area contributed by atoms with Gasteiger partial charge >= 0.3 is 0 Å². The smallest absolute Gasteiger partial charge is 0.195 e. The van der Waals surface area contributed by atoms with Crippen molar-refractivity contribution in [3.05, 3.63) is 88.3 Å². The van der Waals surface area contributed by atoms with E-state index in [4.69, 9.17) is 0 Å². The molecule has 2 aromatic carbocycles. The number of nitrogens with zero attached hydrogens (tertiary/aromatic N) is 1. The first kappa shape index (κ1) is 13.7. The number of hydrogen-bond donors (Lipinski definition) is 0. The summed E-state index contributed by atoms with van der Waals surface area (Å²) in [4.78, 5) is 16.8. The highest BCUT2D eigenvalue weighted by Crippen LogP contribution is 2.24. The molecule has 0 aliphatic rings. The van der Waals surface area contributed by atoms with Crippen molar-refractivity contribution >= 4 is 31.5 Å². The van der Waals surface area contributed by atoms with E-state index in [1.165, 1.54) is 0 Å². The van der Waals surface area contributed by atoms with Crippen LogP contribution in [0.4, 0.5) is 0 Å². The number of hydrogen-bond acceptors (Lipinski definition) is 3. The molecule has 2 heterocycles. The molecule has 23 heavy (non-hydrogen) atoms. The quantitative estimate of drug-likeness (QED) is 0.359. The lowest BCUT2D eigenvalue weighted by Gasteiger charge is -2.01. The molecular formula is C20H11NOS. The van der Waals surface area contributed by atoms with Crippen LogP contribution in [0.1, 0.15) is 11.3 Å². The summed E-state index contributed by atoms with van der Waals surface area (Å²) in [7, 11) is 0. The SMILES string of the molecule is O=c1c2ccccc2sc2ccc(C#Cc3ccccn3)cc12. The number of aromatic nitrogens is 1. The zero-order valence-corrected chi connectivity index (χ0v) is 12.9. The predicted octanol–water partition coefficient (Wildman–Crippen LogP) is 4.21. The summed E-state index contributed by atoms with van der Waals surface area (Å²) in [6, 6.07) is 19.1. The first-order valence-corrected chi connectivity index (χ1v) is 8.01. The molecule has 0 aliphatic heterocycles. The average molecular weight is 313 g/mol. The van der Waals surface area contributed by atoms with Crippen molar-refractivity contribution in [1.29, 1.82) is 0 Å². The topological polar surface area (TPSA) is 30.0 Å². The van der Waals surface area contributed by atoms with Gasteiger partial charge in [0, 0.05) is 31.9 Å². The Kier molecular flexibility index (Phi) is 3.38. The van der Waals surface area contributed by atoms with Crippen molar-refractivity contribution in [2.45, 2.75) is 0 Å². The maximum Gasteiger partial charge on any atom is 0.195 e. The lowest BCUT2D eigenvalue weighted by atomic mass is 10.1. The zero-order valence-electron chi connectivity index (χ0n) is 12.1. The Morgan fingerprint density at radius 3 is 2.52 bits per heavy atom. The Bertz CT molecular complexity index is 1130. The zero-order chi connectivity index (χ0) is 15.6. The average Bonchev–Trinajstić information content (AvgIpc) is 2.61. The Balaban J connectivity index is 1.88. The normalized spacial score (nSPS) is 10.4.